The van der Waals surface area contributed by atoms with Gasteiger partial charge < -0.3 is 14.4 Å². The Labute approximate surface area is 120 Å². The fourth-order valence-corrected chi connectivity index (χ4v) is 2.06. The Balaban J connectivity index is 2.25. The van der Waals surface area contributed by atoms with Crippen molar-refractivity contribution in [1.29, 1.82) is 5.26 Å². The zero-order valence-electron chi connectivity index (χ0n) is 11.3. The van der Waals surface area contributed by atoms with Crippen molar-refractivity contribution < 1.29 is 19.2 Å². The molecule has 1 atom stereocenters. The zero-order valence-corrected chi connectivity index (χ0v) is 11.3. The summed E-state index contributed by atoms with van der Waals surface area (Å²) in [5.41, 5.74) is -0.0884. The van der Waals surface area contributed by atoms with Crippen LogP contribution in [0, 0.1) is 21.4 Å². The van der Waals surface area contributed by atoms with Gasteiger partial charge in [-0.25, -0.2) is 0 Å². The topological polar surface area (TPSA) is 106 Å². The highest BCUT2D eigenvalue weighted by Crippen LogP contribution is 2.28. The molecule has 8 nitrogen and oxygen atoms in total. The Bertz CT molecular complexity index is 610. The molecule has 1 fully saturated rings. The predicted octanol–water partition coefficient (Wildman–Crippen LogP) is 0.968. The molecule has 0 aromatic heterocycles. The number of nitriles is 1. The minimum absolute atomic E-state index is 0.0911. The smallest absolute Gasteiger partial charge is 0.311 e. The summed E-state index contributed by atoms with van der Waals surface area (Å²) in [6, 6.07) is 5.97. The zero-order chi connectivity index (χ0) is 15.4. The molecular formula is C13H13N3O5. The molecule has 0 spiro atoms. The van der Waals surface area contributed by atoms with Crippen LogP contribution < -0.4 is 4.74 Å². The molecule has 1 aliphatic heterocycles. The molecule has 0 aliphatic carbocycles. The Morgan fingerprint density at radius 1 is 1.62 bits per heavy atom. The molecule has 0 saturated carbocycles. The Morgan fingerprint density at radius 3 is 3.00 bits per heavy atom. The molecule has 1 saturated heterocycles. The van der Waals surface area contributed by atoms with Gasteiger partial charge in [0, 0.05) is 18.2 Å². The Morgan fingerprint density at radius 2 is 2.38 bits per heavy atom. The maximum atomic E-state index is 12.3. The molecule has 0 radical (unpaired) electrons. The van der Waals surface area contributed by atoms with E-state index in [9.17, 15) is 14.9 Å². The van der Waals surface area contributed by atoms with E-state index < -0.39 is 11.0 Å². The van der Waals surface area contributed by atoms with Crippen LogP contribution >= 0.6 is 0 Å². The van der Waals surface area contributed by atoms with Crippen molar-refractivity contribution in [3.63, 3.8) is 0 Å². The highest BCUT2D eigenvalue weighted by molar-refractivity contribution is 5.95. The molecule has 1 amide bonds. The number of hydrogen-bond acceptors (Lipinski definition) is 6. The van der Waals surface area contributed by atoms with Gasteiger partial charge in [-0.2, -0.15) is 5.26 Å². The summed E-state index contributed by atoms with van der Waals surface area (Å²) >= 11 is 0. The molecule has 0 N–H and O–H groups in total. The molecule has 110 valence electrons. The summed E-state index contributed by atoms with van der Waals surface area (Å²) in [6.45, 7) is 0.758. The lowest BCUT2D eigenvalue weighted by atomic mass is 10.1. The van der Waals surface area contributed by atoms with E-state index in [-0.39, 0.29) is 36.1 Å². The maximum Gasteiger partial charge on any atom is 0.311 e. The highest BCUT2D eigenvalue weighted by Gasteiger charge is 2.26. The van der Waals surface area contributed by atoms with E-state index in [2.05, 4.69) is 0 Å². The van der Waals surface area contributed by atoms with Gasteiger partial charge in [0.2, 0.25) is 0 Å². The van der Waals surface area contributed by atoms with Crippen molar-refractivity contribution in [2.75, 3.05) is 26.8 Å². The van der Waals surface area contributed by atoms with Crippen LogP contribution in [0.4, 0.5) is 5.69 Å². The van der Waals surface area contributed by atoms with Gasteiger partial charge in [0.1, 0.15) is 0 Å². The minimum Gasteiger partial charge on any atom is -0.490 e. The van der Waals surface area contributed by atoms with Crippen LogP contribution in [0.5, 0.6) is 5.75 Å². The molecule has 1 aromatic carbocycles. The number of hydrogen-bond donors (Lipinski definition) is 0. The first-order valence-corrected chi connectivity index (χ1v) is 6.19. The van der Waals surface area contributed by atoms with Crippen LogP contribution in [0.15, 0.2) is 18.2 Å². The van der Waals surface area contributed by atoms with Crippen molar-refractivity contribution in [2.24, 2.45) is 0 Å². The van der Waals surface area contributed by atoms with Crippen molar-refractivity contribution in [1.82, 2.24) is 4.90 Å². The number of ether oxygens (including phenoxy) is 2. The van der Waals surface area contributed by atoms with Gasteiger partial charge in [-0.15, -0.1) is 0 Å². The molecule has 21 heavy (non-hydrogen) atoms. The van der Waals surface area contributed by atoms with Crippen LogP contribution in [0.2, 0.25) is 0 Å². The Kier molecular flexibility index (Phi) is 4.35. The van der Waals surface area contributed by atoms with Gasteiger partial charge in [0.15, 0.2) is 11.9 Å². The van der Waals surface area contributed by atoms with E-state index in [4.69, 9.17) is 14.7 Å². The second kappa shape index (κ2) is 6.19. The van der Waals surface area contributed by atoms with Crippen LogP contribution in [0.1, 0.15) is 10.4 Å². The first-order chi connectivity index (χ1) is 10.1. The van der Waals surface area contributed by atoms with Crippen molar-refractivity contribution in [3.8, 4) is 11.8 Å². The van der Waals surface area contributed by atoms with Gasteiger partial charge in [-0.3, -0.25) is 14.9 Å². The molecule has 1 aliphatic rings. The first kappa shape index (κ1) is 14.7. The third kappa shape index (κ3) is 3.09. The maximum absolute atomic E-state index is 12.3. The third-order valence-electron chi connectivity index (χ3n) is 3.12. The number of nitro benzene ring substituents is 1. The van der Waals surface area contributed by atoms with Crippen molar-refractivity contribution in [3.05, 3.63) is 33.9 Å². The quantitative estimate of drug-likeness (QED) is 0.606. The largest absolute Gasteiger partial charge is 0.490 e. The number of carbonyl (C=O) groups is 1. The second-order valence-corrected chi connectivity index (χ2v) is 4.38. The predicted molar refractivity (Wildman–Crippen MR) is 70.9 cm³/mol. The van der Waals surface area contributed by atoms with Crippen LogP contribution in [-0.2, 0) is 4.74 Å². The summed E-state index contributed by atoms with van der Waals surface area (Å²) in [4.78, 5) is 24.1. The average molecular weight is 291 g/mol. The number of nitrogens with zero attached hydrogens (tertiary/aromatic N) is 3. The lowest BCUT2D eigenvalue weighted by molar-refractivity contribution is -0.385. The fraction of sp³-hybridized carbons (Fsp3) is 0.385. The second-order valence-electron chi connectivity index (χ2n) is 4.38. The highest BCUT2D eigenvalue weighted by atomic mass is 16.6. The molecule has 1 heterocycles. The van der Waals surface area contributed by atoms with Gasteiger partial charge >= 0.3 is 5.69 Å². The number of morpholine rings is 1. The molecule has 1 aromatic rings. The third-order valence-corrected chi connectivity index (χ3v) is 3.12. The van der Waals surface area contributed by atoms with Gasteiger partial charge in [0.25, 0.3) is 5.91 Å². The summed E-state index contributed by atoms with van der Waals surface area (Å²) in [7, 11) is 1.32. The summed E-state index contributed by atoms with van der Waals surface area (Å²) < 4.78 is 10.1. The Hall–Kier alpha value is -2.66. The normalized spacial score (nSPS) is 17.9. The lowest BCUT2D eigenvalue weighted by Gasteiger charge is -2.29. The number of nitro groups is 1. The SMILES string of the molecule is COc1ccc(C(=O)N2CCOC(C#N)C2)cc1[N+](=O)[O-]. The first-order valence-electron chi connectivity index (χ1n) is 6.19. The van der Waals surface area contributed by atoms with E-state index in [1.807, 2.05) is 6.07 Å². The van der Waals surface area contributed by atoms with Crippen molar-refractivity contribution in [2.45, 2.75) is 6.10 Å². The van der Waals surface area contributed by atoms with Gasteiger partial charge in [-0.05, 0) is 12.1 Å². The van der Waals surface area contributed by atoms with Gasteiger partial charge in [0.05, 0.1) is 31.3 Å². The molecule has 1 unspecified atom stereocenters. The molecular weight excluding hydrogens is 278 g/mol. The van der Waals surface area contributed by atoms with E-state index in [0.29, 0.717) is 6.54 Å². The van der Waals surface area contributed by atoms with Crippen LogP contribution in [0.25, 0.3) is 0 Å². The van der Waals surface area contributed by atoms with Crippen LogP contribution in [0.3, 0.4) is 0 Å². The lowest BCUT2D eigenvalue weighted by Crippen LogP contribution is -2.45. The van der Waals surface area contributed by atoms with E-state index in [1.165, 1.54) is 30.2 Å². The fourth-order valence-electron chi connectivity index (χ4n) is 2.06. The monoisotopic (exact) mass is 291 g/mol. The summed E-state index contributed by atoms with van der Waals surface area (Å²) in [5.74, 6) is -0.280. The summed E-state index contributed by atoms with van der Waals surface area (Å²) in [5, 5.41) is 19.8. The number of carbonyl (C=O) groups excluding carboxylic acids is 1. The molecule has 0 bridgehead atoms. The number of rotatable bonds is 3. The molecule has 8 heteroatoms. The van der Waals surface area contributed by atoms with E-state index >= 15 is 0 Å². The minimum atomic E-state index is -0.670. The molecule has 2 rings (SSSR count). The number of benzene rings is 1. The standard InChI is InChI=1S/C13H13N3O5/c1-20-12-3-2-9(6-11(12)16(18)19)13(17)15-4-5-21-10(7-14)8-15/h2-3,6,10H,4-5,8H2,1H3. The number of amides is 1. The van der Waals surface area contributed by atoms with E-state index in [1.54, 1.807) is 0 Å². The number of methoxy groups -OCH3 is 1. The van der Waals surface area contributed by atoms with Crippen molar-refractivity contribution >= 4 is 11.6 Å². The van der Waals surface area contributed by atoms with E-state index in [0.717, 1.165) is 0 Å². The summed E-state index contributed by atoms with van der Waals surface area (Å²) in [6.07, 6.45) is -0.670. The van der Waals surface area contributed by atoms with Crippen LogP contribution in [-0.4, -0.2) is 48.6 Å². The van der Waals surface area contributed by atoms with Gasteiger partial charge in [-0.1, -0.05) is 0 Å². The average Bonchev–Trinajstić information content (AvgIpc) is 2.53.